The van der Waals surface area contributed by atoms with Crippen LogP contribution in [0.1, 0.15) is 23.2 Å². The van der Waals surface area contributed by atoms with Gasteiger partial charge in [0.1, 0.15) is 6.61 Å². The zero-order chi connectivity index (χ0) is 20.9. The summed E-state index contributed by atoms with van der Waals surface area (Å²) in [7, 11) is 0. The van der Waals surface area contributed by atoms with Gasteiger partial charge in [-0.3, -0.25) is 9.69 Å². The molecule has 3 aromatic rings. The molecule has 4 rings (SSSR count). The molecule has 1 aliphatic heterocycles. The van der Waals surface area contributed by atoms with Gasteiger partial charge >= 0.3 is 0 Å². The van der Waals surface area contributed by atoms with Crippen molar-refractivity contribution in [2.75, 3.05) is 37.3 Å². The quantitative estimate of drug-likeness (QED) is 0.618. The van der Waals surface area contributed by atoms with Crippen molar-refractivity contribution < 1.29 is 13.9 Å². The van der Waals surface area contributed by atoms with Gasteiger partial charge in [-0.1, -0.05) is 18.2 Å². The average Bonchev–Trinajstić information content (AvgIpc) is 3.39. The number of nitrogen functional groups attached to an aromatic ring is 1. The summed E-state index contributed by atoms with van der Waals surface area (Å²) in [5.74, 6) is -0.666. The van der Waals surface area contributed by atoms with E-state index in [2.05, 4.69) is 20.3 Å². The SMILES string of the molecule is Nc1nc(Nc2ccc(OCCN3CCCC3)c(F)c2)nn1C(=O)c1ccccc1. The van der Waals surface area contributed by atoms with Gasteiger partial charge in [0.05, 0.1) is 0 Å². The van der Waals surface area contributed by atoms with Crippen molar-refractivity contribution in [2.45, 2.75) is 12.8 Å². The van der Waals surface area contributed by atoms with E-state index >= 15 is 0 Å². The van der Waals surface area contributed by atoms with Crippen LogP contribution in [-0.4, -0.2) is 51.8 Å². The third-order valence-corrected chi connectivity index (χ3v) is 4.90. The fraction of sp³-hybridized carbons (Fsp3) is 0.286. The van der Waals surface area contributed by atoms with Gasteiger partial charge in [-0.05, 0) is 50.2 Å². The zero-order valence-corrected chi connectivity index (χ0v) is 16.4. The van der Waals surface area contributed by atoms with Gasteiger partial charge in [0.2, 0.25) is 11.9 Å². The maximum Gasteiger partial charge on any atom is 0.281 e. The van der Waals surface area contributed by atoms with Gasteiger partial charge in [-0.25, -0.2) is 4.39 Å². The molecule has 3 N–H and O–H groups in total. The number of carbonyl (C=O) groups is 1. The number of hydrogen-bond acceptors (Lipinski definition) is 7. The number of hydrogen-bond donors (Lipinski definition) is 2. The minimum atomic E-state index is -0.491. The van der Waals surface area contributed by atoms with Gasteiger partial charge in [0, 0.05) is 23.9 Å². The van der Waals surface area contributed by atoms with Crippen LogP contribution in [0.25, 0.3) is 0 Å². The lowest BCUT2D eigenvalue weighted by Gasteiger charge is -2.15. The molecule has 30 heavy (non-hydrogen) atoms. The second-order valence-corrected chi connectivity index (χ2v) is 7.04. The molecule has 8 nitrogen and oxygen atoms in total. The highest BCUT2D eigenvalue weighted by Crippen LogP contribution is 2.23. The second-order valence-electron chi connectivity index (χ2n) is 7.04. The topological polar surface area (TPSA) is 98.3 Å². The van der Waals surface area contributed by atoms with Crippen LogP contribution < -0.4 is 15.8 Å². The molecule has 0 bridgehead atoms. The first kappa shape index (κ1) is 19.8. The van der Waals surface area contributed by atoms with E-state index in [0.717, 1.165) is 24.3 Å². The van der Waals surface area contributed by atoms with E-state index in [1.54, 1.807) is 36.4 Å². The highest BCUT2D eigenvalue weighted by molar-refractivity contribution is 5.96. The van der Waals surface area contributed by atoms with Gasteiger partial charge in [0.25, 0.3) is 5.91 Å². The molecule has 156 valence electrons. The van der Waals surface area contributed by atoms with Crippen molar-refractivity contribution in [1.82, 2.24) is 19.7 Å². The van der Waals surface area contributed by atoms with Crippen molar-refractivity contribution in [1.29, 1.82) is 0 Å². The van der Waals surface area contributed by atoms with E-state index in [1.807, 2.05) is 6.07 Å². The van der Waals surface area contributed by atoms with E-state index in [1.165, 1.54) is 18.9 Å². The van der Waals surface area contributed by atoms with Gasteiger partial charge in [-0.15, -0.1) is 5.10 Å². The molecule has 0 spiro atoms. The number of rotatable bonds is 7. The fourth-order valence-corrected chi connectivity index (χ4v) is 3.35. The number of nitrogens with zero attached hydrogens (tertiary/aromatic N) is 4. The van der Waals surface area contributed by atoms with Crippen LogP contribution in [-0.2, 0) is 0 Å². The number of anilines is 3. The van der Waals surface area contributed by atoms with Crippen LogP contribution in [0.4, 0.5) is 22.0 Å². The lowest BCUT2D eigenvalue weighted by molar-refractivity contribution is 0.0948. The van der Waals surface area contributed by atoms with Crippen molar-refractivity contribution in [2.24, 2.45) is 0 Å². The molecule has 2 aromatic carbocycles. The van der Waals surface area contributed by atoms with Crippen molar-refractivity contribution in [3.63, 3.8) is 0 Å². The molecule has 0 saturated carbocycles. The lowest BCUT2D eigenvalue weighted by Crippen LogP contribution is -2.25. The van der Waals surface area contributed by atoms with E-state index in [0.29, 0.717) is 17.9 Å². The Morgan fingerprint density at radius 3 is 2.67 bits per heavy atom. The summed E-state index contributed by atoms with van der Waals surface area (Å²) in [5.41, 5.74) is 6.68. The lowest BCUT2D eigenvalue weighted by atomic mass is 10.2. The van der Waals surface area contributed by atoms with Gasteiger partial charge in [0.15, 0.2) is 11.6 Å². The first-order chi connectivity index (χ1) is 14.6. The predicted molar refractivity (Wildman–Crippen MR) is 111 cm³/mol. The number of benzene rings is 2. The van der Waals surface area contributed by atoms with Crippen molar-refractivity contribution >= 4 is 23.5 Å². The third-order valence-electron chi connectivity index (χ3n) is 4.90. The smallest absolute Gasteiger partial charge is 0.281 e. The number of likely N-dealkylation sites (tertiary alicyclic amines) is 1. The minimum Gasteiger partial charge on any atom is -0.489 e. The molecule has 0 radical (unpaired) electrons. The number of carbonyl (C=O) groups excluding carboxylic acids is 1. The summed E-state index contributed by atoms with van der Waals surface area (Å²) in [4.78, 5) is 18.8. The molecular formula is C21H23FN6O2. The van der Waals surface area contributed by atoms with Gasteiger partial charge < -0.3 is 15.8 Å². The molecular weight excluding hydrogens is 387 g/mol. The monoisotopic (exact) mass is 410 g/mol. The zero-order valence-electron chi connectivity index (χ0n) is 16.4. The first-order valence-electron chi connectivity index (χ1n) is 9.84. The maximum absolute atomic E-state index is 14.4. The summed E-state index contributed by atoms with van der Waals surface area (Å²) < 4.78 is 21.0. The number of nitrogens with two attached hydrogens (primary N) is 1. The predicted octanol–water partition coefficient (Wildman–Crippen LogP) is 2.91. The highest BCUT2D eigenvalue weighted by Gasteiger charge is 2.16. The molecule has 2 heterocycles. The molecule has 9 heteroatoms. The first-order valence-corrected chi connectivity index (χ1v) is 9.84. The second kappa shape index (κ2) is 8.91. The Kier molecular flexibility index (Phi) is 5.89. The average molecular weight is 410 g/mol. The van der Waals surface area contributed by atoms with Crippen molar-refractivity contribution in [3.8, 4) is 5.75 Å². The molecule has 0 aliphatic carbocycles. The number of aromatic nitrogens is 3. The largest absolute Gasteiger partial charge is 0.489 e. The van der Waals surface area contributed by atoms with Crippen LogP contribution in [0.5, 0.6) is 5.75 Å². The third kappa shape index (κ3) is 4.57. The van der Waals surface area contributed by atoms with E-state index in [4.69, 9.17) is 10.5 Å². The molecule has 0 amide bonds. The minimum absolute atomic E-state index is 0.0614. The summed E-state index contributed by atoms with van der Waals surface area (Å²) in [6, 6.07) is 13.1. The van der Waals surface area contributed by atoms with Crippen LogP contribution >= 0.6 is 0 Å². The molecule has 0 unspecified atom stereocenters. The van der Waals surface area contributed by atoms with E-state index in [-0.39, 0.29) is 17.6 Å². The fourth-order valence-electron chi connectivity index (χ4n) is 3.35. The molecule has 1 aliphatic rings. The van der Waals surface area contributed by atoms with Crippen LogP contribution in [0.3, 0.4) is 0 Å². The molecule has 0 atom stereocenters. The van der Waals surface area contributed by atoms with E-state index < -0.39 is 11.7 Å². The molecule has 1 saturated heterocycles. The number of nitrogens with one attached hydrogen (secondary N) is 1. The maximum atomic E-state index is 14.4. The van der Waals surface area contributed by atoms with Crippen LogP contribution in [0.15, 0.2) is 48.5 Å². The Morgan fingerprint density at radius 2 is 1.93 bits per heavy atom. The number of ether oxygens (including phenoxy) is 1. The standard InChI is InChI=1S/C21H23FN6O2/c22-17-14-16(8-9-18(17)30-13-12-27-10-4-5-11-27)24-21-25-20(23)28(26-21)19(29)15-6-2-1-3-7-15/h1-3,6-9,14H,4-5,10-13H2,(H3,23,24,25,26). The normalized spacial score (nSPS) is 14.0. The Labute approximate surface area is 173 Å². The Morgan fingerprint density at radius 1 is 1.17 bits per heavy atom. The Balaban J connectivity index is 1.39. The van der Waals surface area contributed by atoms with Crippen LogP contribution in [0, 0.1) is 5.82 Å². The van der Waals surface area contributed by atoms with Crippen molar-refractivity contribution in [3.05, 3.63) is 59.9 Å². The molecule has 1 aromatic heterocycles. The summed E-state index contributed by atoms with van der Waals surface area (Å²) in [6.45, 7) is 3.37. The Hall–Kier alpha value is -3.46. The van der Waals surface area contributed by atoms with E-state index in [9.17, 15) is 9.18 Å². The Bertz CT molecular complexity index is 1020. The molecule has 1 fully saturated rings. The summed E-state index contributed by atoms with van der Waals surface area (Å²) in [6.07, 6.45) is 2.42. The van der Waals surface area contributed by atoms with Gasteiger partial charge in [-0.2, -0.15) is 9.67 Å². The van der Waals surface area contributed by atoms with Crippen LogP contribution in [0.2, 0.25) is 0 Å². The highest BCUT2D eigenvalue weighted by atomic mass is 19.1. The number of halogens is 1. The summed E-state index contributed by atoms with van der Waals surface area (Å²) in [5, 5.41) is 6.95. The summed E-state index contributed by atoms with van der Waals surface area (Å²) >= 11 is 0.